The molecular weight excluding hydrogens is 290 g/mol. The quantitative estimate of drug-likeness (QED) is 0.612. The van der Waals surface area contributed by atoms with Crippen LogP contribution in [0.2, 0.25) is 0 Å². The minimum atomic E-state index is -0.404. The van der Waals surface area contributed by atoms with Crippen LogP contribution in [0.3, 0.4) is 0 Å². The second-order valence-corrected chi connectivity index (χ2v) is 9.13. The number of carbonyl (C=O) groups excluding carboxylic acids is 1. The molecule has 0 saturated heterocycles. The van der Waals surface area contributed by atoms with Crippen molar-refractivity contribution < 1.29 is 14.3 Å². The highest BCUT2D eigenvalue weighted by atomic mass is 16.5. The third-order valence-electron chi connectivity index (χ3n) is 3.62. The van der Waals surface area contributed by atoms with Crippen molar-refractivity contribution in [2.45, 2.75) is 80.3 Å². The molecule has 4 nitrogen and oxygen atoms in total. The lowest BCUT2D eigenvalue weighted by atomic mass is 9.88. The van der Waals surface area contributed by atoms with Crippen LogP contribution in [-0.4, -0.2) is 37.9 Å². The molecule has 0 aromatic heterocycles. The van der Waals surface area contributed by atoms with Crippen LogP contribution in [0.1, 0.15) is 74.7 Å². The van der Waals surface area contributed by atoms with E-state index in [1.807, 2.05) is 34.6 Å². The lowest BCUT2D eigenvalue weighted by molar-refractivity contribution is -0.131. The Morgan fingerprint density at radius 3 is 2.00 bits per heavy atom. The average molecular weight is 330 g/mol. The molecular formula is C19H39NO3. The van der Waals surface area contributed by atoms with E-state index >= 15 is 0 Å². The van der Waals surface area contributed by atoms with Gasteiger partial charge in [-0.2, -0.15) is 0 Å². The first-order chi connectivity index (χ1) is 10.3. The van der Waals surface area contributed by atoms with Gasteiger partial charge in [-0.25, -0.2) is 0 Å². The third-order valence-corrected chi connectivity index (χ3v) is 3.62. The average Bonchev–Trinajstić information content (AvgIpc) is 2.34. The van der Waals surface area contributed by atoms with Crippen molar-refractivity contribution in [3.05, 3.63) is 0 Å². The van der Waals surface area contributed by atoms with Gasteiger partial charge in [-0.15, -0.1) is 0 Å². The van der Waals surface area contributed by atoms with Gasteiger partial charge < -0.3 is 14.8 Å². The van der Waals surface area contributed by atoms with Crippen LogP contribution in [0, 0.1) is 10.8 Å². The molecule has 0 bridgehead atoms. The fraction of sp³-hybridized carbons (Fsp3) is 0.947. The largest absolute Gasteiger partial charge is 0.381 e. The van der Waals surface area contributed by atoms with Gasteiger partial charge in [0.15, 0.2) is 0 Å². The summed E-state index contributed by atoms with van der Waals surface area (Å²) >= 11 is 0. The molecule has 0 rings (SSSR count). The maximum absolute atomic E-state index is 12.2. The van der Waals surface area contributed by atoms with E-state index in [4.69, 9.17) is 9.47 Å². The fourth-order valence-corrected chi connectivity index (χ4v) is 1.82. The maximum Gasteiger partial charge on any atom is 0.225 e. The monoisotopic (exact) mass is 329 g/mol. The summed E-state index contributed by atoms with van der Waals surface area (Å²) in [5, 5.41) is 3.00. The number of amides is 1. The van der Waals surface area contributed by atoms with Gasteiger partial charge in [-0.1, -0.05) is 34.6 Å². The summed E-state index contributed by atoms with van der Waals surface area (Å²) in [5.41, 5.74) is -0.247. The summed E-state index contributed by atoms with van der Waals surface area (Å²) < 4.78 is 11.3. The Labute approximate surface area is 143 Å². The van der Waals surface area contributed by atoms with E-state index in [-0.39, 0.29) is 11.5 Å². The van der Waals surface area contributed by atoms with Crippen molar-refractivity contribution in [1.29, 1.82) is 0 Å². The highest BCUT2D eigenvalue weighted by Crippen LogP contribution is 2.22. The zero-order valence-electron chi connectivity index (χ0n) is 16.7. The van der Waals surface area contributed by atoms with Crippen molar-refractivity contribution in [2.24, 2.45) is 10.8 Å². The summed E-state index contributed by atoms with van der Waals surface area (Å²) in [5.74, 6) is 0.0877. The predicted octanol–water partition coefficient (Wildman–Crippen LogP) is 4.18. The molecule has 0 unspecified atom stereocenters. The minimum absolute atomic E-state index is 0.0877. The molecule has 0 atom stereocenters. The molecule has 0 aliphatic carbocycles. The van der Waals surface area contributed by atoms with Crippen LogP contribution < -0.4 is 5.32 Å². The third kappa shape index (κ3) is 13.5. The van der Waals surface area contributed by atoms with E-state index in [0.29, 0.717) is 25.2 Å². The van der Waals surface area contributed by atoms with Gasteiger partial charge in [-0.05, 0) is 45.4 Å². The first-order valence-corrected chi connectivity index (χ1v) is 8.83. The standard InChI is InChI=1S/C19H39NO3/c1-17(2,3)10-14-22-13-9-12-20-16(21)19(7,8)11-15-23-18(4,5)6/h9-15H2,1-8H3,(H,20,21). The summed E-state index contributed by atoms with van der Waals surface area (Å²) in [6, 6.07) is 0. The highest BCUT2D eigenvalue weighted by Gasteiger charge is 2.27. The van der Waals surface area contributed by atoms with Crippen LogP contribution in [0.25, 0.3) is 0 Å². The first kappa shape index (κ1) is 22.4. The van der Waals surface area contributed by atoms with Gasteiger partial charge >= 0.3 is 0 Å². The Morgan fingerprint density at radius 1 is 0.870 bits per heavy atom. The zero-order valence-corrected chi connectivity index (χ0v) is 16.7. The topological polar surface area (TPSA) is 47.6 Å². The predicted molar refractivity (Wildman–Crippen MR) is 96.6 cm³/mol. The molecule has 138 valence electrons. The molecule has 0 aliphatic rings. The smallest absolute Gasteiger partial charge is 0.225 e. The number of rotatable bonds is 10. The highest BCUT2D eigenvalue weighted by molar-refractivity contribution is 5.81. The number of hydrogen-bond acceptors (Lipinski definition) is 3. The lowest BCUT2D eigenvalue weighted by Crippen LogP contribution is -2.39. The van der Waals surface area contributed by atoms with E-state index < -0.39 is 5.41 Å². The van der Waals surface area contributed by atoms with Crippen LogP contribution in [-0.2, 0) is 14.3 Å². The van der Waals surface area contributed by atoms with Gasteiger partial charge in [-0.3, -0.25) is 4.79 Å². The fourth-order valence-electron chi connectivity index (χ4n) is 1.82. The molecule has 0 aromatic rings. The van der Waals surface area contributed by atoms with Crippen molar-refractivity contribution in [3.63, 3.8) is 0 Å². The summed E-state index contributed by atoms with van der Waals surface area (Å²) in [4.78, 5) is 12.2. The van der Waals surface area contributed by atoms with Gasteiger partial charge in [0, 0.05) is 31.8 Å². The molecule has 0 aromatic carbocycles. The van der Waals surface area contributed by atoms with Crippen molar-refractivity contribution >= 4 is 5.91 Å². The van der Waals surface area contributed by atoms with Crippen LogP contribution in [0.5, 0.6) is 0 Å². The van der Waals surface area contributed by atoms with Crippen molar-refractivity contribution in [2.75, 3.05) is 26.4 Å². The molecule has 0 saturated carbocycles. The number of hydrogen-bond donors (Lipinski definition) is 1. The molecule has 23 heavy (non-hydrogen) atoms. The minimum Gasteiger partial charge on any atom is -0.381 e. The Morgan fingerprint density at radius 2 is 1.48 bits per heavy atom. The van der Waals surface area contributed by atoms with Gasteiger partial charge in [0.1, 0.15) is 0 Å². The number of ether oxygens (including phenoxy) is 2. The molecule has 0 fully saturated rings. The Bertz CT molecular complexity index is 338. The molecule has 1 N–H and O–H groups in total. The second kappa shape index (κ2) is 9.63. The summed E-state index contributed by atoms with van der Waals surface area (Å²) in [6.07, 6.45) is 2.63. The molecule has 4 heteroatoms. The SMILES string of the molecule is CC(C)(C)CCOCCCNC(=O)C(C)(C)CCOC(C)(C)C. The lowest BCUT2D eigenvalue weighted by Gasteiger charge is -2.26. The van der Waals surface area contributed by atoms with Crippen LogP contribution >= 0.6 is 0 Å². The molecule has 0 aliphatic heterocycles. The Kier molecular flexibility index (Phi) is 9.37. The molecule has 0 spiro atoms. The van der Waals surface area contributed by atoms with Crippen molar-refractivity contribution in [1.82, 2.24) is 5.32 Å². The summed E-state index contributed by atoms with van der Waals surface area (Å²) in [6.45, 7) is 19.4. The first-order valence-electron chi connectivity index (χ1n) is 8.83. The Hall–Kier alpha value is -0.610. The molecule has 1 amide bonds. The van der Waals surface area contributed by atoms with E-state index in [1.165, 1.54) is 0 Å². The maximum atomic E-state index is 12.2. The molecule has 0 heterocycles. The number of nitrogens with one attached hydrogen (secondary N) is 1. The number of carbonyl (C=O) groups is 1. The van der Waals surface area contributed by atoms with Gasteiger partial charge in [0.25, 0.3) is 0 Å². The van der Waals surface area contributed by atoms with E-state index in [0.717, 1.165) is 25.9 Å². The van der Waals surface area contributed by atoms with Crippen LogP contribution in [0.15, 0.2) is 0 Å². The van der Waals surface area contributed by atoms with Crippen LogP contribution in [0.4, 0.5) is 0 Å². The normalized spacial score (nSPS) is 13.2. The summed E-state index contributed by atoms with van der Waals surface area (Å²) in [7, 11) is 0. The van der Waals surface area contributed by atoms with E-state index in [2.05, 4.69) is 26.1 Å². The zero-order chi connectivity index (χ0) is 18.1. The van der Waals surface area contributed by atoms with E-state index in [1.54, 1.807) is 0 Å². The molecule has 0 radical (unpaired) electrons. The second-order valence-electron chi connectivity index (χ2n) is 9.13. The van der Waals surface area contributed by atoms with Gasteiger partial charge in [0.2, 0.25) is 5.91 Å². The van der Waals surface area contributed by atoms with Gasteiger partial charge in [0.05, 0.1) is 5.60 Å². The van der Waals surface area contributed by atoms with Crippen molar-refractivity contribution in [3.8, 4) is 0 Å². The van der Waals surface area contributed by atoms with E-state index in [9.17, 15) is 4.79 Å². The Balaban J connectivity index is 3.79.